The minimum absolute atomic E-state index is 0.0432. The van der Waals surface area contributed by atoms with Gasteiger partial charge in [0.25, 0.3) is 5.91 Å². The van der Waals surface area contributed by atoms with Gasteiger partial charge >= 0.3 is 0 Å². The second-order valence-electron chi connectivity index (χ2n) is 6.88. The van der Waals surface area contributed by atoms with E-state index < -0.39 is 0 Å². The molecule has 9 heteroatoms. The fourth-order valence-corrected chi connectivity index (χ4v) is 2.95. The number of halogens is 1. The monoisotopic (exact) mass is 442 g/mol. The third-order valence-corrected chi connectivity index (χ3v) is 4.69. The maximum absolute atomic E-state index is 11.9. The lowest BCUT2D eigenvalue weighted by molar-refractivity contribution is -0.121. The molecule has 0 atom stereocenters. The molecule has 3 N–H and O–H groups in total. The molecule has 162 valence electrons. The molecule has 2 amide bonds. The molecular weight excluding hydrogens is 420 g/mol. The van der Waals surface area contributed by atoms with Gasteiger partial charge in [0.15, 0.2) is 0 Å². The molecule has 0 aliphatic carbocycles. The first-order valence-electron chi connectivity index (χ1n) is 9.94. The van der Waals surface area contributed by atoms with Crippen LogP contribution in [0.3, 0.4) is 0 Å². The summed E-state index contributed by atoms with van der Waals surface area (Å²) in [6.45, 7) is 0.880. The van der Waals surface area contributed by atoms with Crippen molar-refractivity contribution in [1.82, 2.24) is 20.8 Å². The fourth-order valence-electron chi connectivity index (χ4n) is 2.83. The fraction of sp³-hybridized carbons (Fsp3) is 0.273. The summed E-state index contributed by atoms with van der Waals surface area (Å²) < 4.78 is 5.23. The van der Waals surface area contributed by atoms with Crippen LogP contribution >= 0.6 is 11.6 Å². The molecule has 8 nitrogen and oxygen atoms in total. The van der Waals surface area contributed by atoms with Gasteiger partial charge < -0.3 is 20.3 Å². The zero-order chi connectivity index (χ0) is 22.1. The van der Waals surface area contributed by atoms with Crippen molar-refractivity contribution in [3.8, 4) is 17.1 Å². The smallest absolute Gasteiger partial charge is 0.251 e. The Morgan fingerprint density at radius 2 is 1.81 bits per heavy atom. The van der Waals surface area contributed by atoms with Crippen LogP contribution in [0.15, 0.2) is 53.1 Å². The lowest BCUT2D eigenvalue weighted by Crippen LogP contribution is -2.29. The Bertz CT molecular complexity index is 1020. The van der Waals surface area contributed by atoms with E-state index in [-0.39, 0.29) is 17.6 Å². The normalized spacial score (nSPS) is 10.6. The number of hydrogen-bond acceptors (Lipinski definition) is 6. The molecule has 3 aromatic rings. The lowest BCUT2D eigenvalue weighted by Gasteiger charge is -2.07. The predicted molar refractivity (Wildman–Crippen MR) is 116 cm³/mol. The lowest BCUT2D eigenvalue weighted by atomic mass is 10.2. The SMILES string of the molecule is O=C(CCCc1nc(-c2ccc(Cl)cc2)no1)NCCCNC(=O)c1cccc(O)c1. The molecule has 3 rings (SSSR count). The van der Waals surface area contributed by atoms with Crippen LogP contribution in [-0.2, 0) is 11.2 Å². The number of phenols is 1. The van der Waals surface area contributed by atoms with Crippen LogP contribution in [0.25, 0.3) is 11.4 Å². The first-order valence-corrected chi connectivity index (χ1v) is 10.3. The minimum atomic E-state index is -0.264. The Labute approximate surface area is 184 Å². The highest BCUT2D eigenvalue weighted by molar-refractivity contribution is 6.30. The summed E-state index contributed by atoms with van der Waals surface area (Å²) in [5.74, 6) is 0.675. The van der Waals surface area contributed by atoms with E-state index in [4.69, 9.17) is 16.1 Å². The molecule has 0 bridgehead atoms. The average Bonchev–Trinajstić information content (AvgIpc) is 3.23. The topological polar surface area (TPSA) is 117 Å². The molecule has 0 saturated carbocycles. The zero-order valence-corrected chi connectivity index (χ0v) is 17.6. The van der Waals surface area contributed by atoms with Gasteiger partial charge in [0, 0.05) is 42.1 Å². The molecule has 31 heavy (non-hydrogen) atoms. The van der Waals surface area contributed by atoms with Crippen LogP contribution < -0.4 is 10.6 Å². The quantitative estimate of drug-likeness (QED) is 0.414. The Hall–Kier alpha value is -3.39. The van der Waals surface area contributed by atoms with Gasteiger partial charge in [-0.1, -0.05) is 22.8 Å². The zero-order valence-electron chi connectivity index (χ0n) is 16.8. The van der Waals surface area contributed by atoms with E-state index in [1.165, 1.54) is 12.1 Å². The number of aromatic hydroxyl groups is 1. The number of phenolic OH excluding ortho intramolecular Hbond substituents is 1. The number of rotatable bonds is 10. The molecule has 0 aliphatic heterocycles. The van der Waals surface area contributed by atoms with Gasteiger partial charge in [0.2, 0.25) is 17.6 Å². The van der Waals surface area contributed by atoms with Crippen LogP contribution in [-0.4, -0.2) is 40.2 Å². The second-order valence-corrected chi connectivity index (χ2v) is 7.32. The van der Waals surface area contributed by atoms with Gasteiger partial charge in [-0.2, -0.15) is 4.98 Å². The predicted octanol–water partition coefficient (Wildman–Crippen LogP) is 3.35. The summed E-state index contributed by atoms with van der Waals surface area (Å²) >= 11 is 5.87. The minimum Gasteiger partial charge on any atom is -0.508 e. The van der Waals surface area contributed by atoms with Crippen molar-refractivity contribution in [3.05, 3.63) is 65.0 Å². The van der Waals surface area contributed by atoms with Gasteiger partial charge in [-0.25, -0.2) is 0 Å². The number of nitrogens with one attached hydrogen (secondary N) is 2. The summed E-state index contributed by atoms with van der Waals surface area (Å²) in [5, 5.41) is 19.5. The first kappa shape index (κ1) is 22.3. The summed E-state index contributed by atoms with van der Waals surface area (Å²) in [7, 11) is 0. The van der Waals surface area contributed by atoms with Crippen LogP contribution in [0, 0.1) is 0 Å². The number of nitrogens with zero attached hydrogens (tertiary/aromatic N) is 2. The Kier molecular flexibility index (Phi) is 8.00. The van der Waals surface area contributed by atoms with Gasteiger partial charge in [0.05, 0.1) is 0 Å². The van der Waals surface area contributed by atoms with Crippen molar-refractivity contribution in [2.75, 3.05) is 13.1 Å². The number of benzene rings is 2. The number of amides is 2. The molecule has 1 aromatic heterocycles. The number of aromatic nitrogens is 2. The highest BCUT2D eigenvalue weighted by Crippen LogP contribution is 2.19. The third kappa shape index (κ3) is 7.11. The summed E-state index contributed by atoms with van der Waals surface area (Å²) in [5.41, 5.74) is 1.21. The van der Waals surface area contributed by atoms with Gasteiger partial charge in [-0.3, -0.25) is 9.59 Å². The Morgan fingerprint density at radius 1 is 1.03 bits per heavy atom. The van der Waals surface area contributed by atoms with Crippen LogP contribution in [0.4, 0.5) is 0 Å². The Morgan fingerprint density at radius 3 is 2.58 bits per heavy atom. The van der Waals surface area contributed by atoms with E-state index in [0.717, 1.165) is 5.56 Å². The molecule has 0 spiro atoms. The first-order chi connectivity index (χ1) is 15.0. The summed E-state index contributed by atoms with van der Waals surface area (Å²) in [4.78, 5) is 28.2. The van der Waals surface area contributed by atoms with E-state index in [1.54, 1.807) is 24.3 Å². The third-order valence-electron chi connectivity index (χ3n) is 4.43. The summed E-state index contributed by atoms with van der Waals surface area (Å²) in [6.07, 6.45) is 2.04. The Balaban J connectivity index is 1.29. The van der Waals surface area contributed by atoms with Crippen molar-refractivity contribution in [3.63, 3.8) is 0 Å². The van der Waals surface area contributed by atoms with E-state index >= 15 is 0 Å². The number of carbonyl (C=O) groups excluding carboxylic acids is 2. The number of hydrogen-bond donors (Lipinski definition) is 3. The van der Waals surface area contributed by atoms with Crippen molar-refractivity contribution >= 4 is 23.4 Å². The molecule has 0 fully saturated rings. The van der Waals surface area contributed by atoms with Crippen molar-refractivity contribution < 1.29 is 19.2 Å². The largest absolute Gasteiger partial charge is 0.508 e. The average molecular weight is 443 g/mol. The molecular formula is C22H23ClN4O4. The molecule has 0 saturated heterocycles. The maximum atomic E-state index is 11.9. The van der Waals surface area contributed by atoms with Crippen molar-refractivity contribution in [2.45, 2.75) is 25.7 Å². The standard InChI is InChI=1S/C22H23ClN4O4/c23-17-10-8-15(9-11-17)21-26-20(31-27-21)7-2-6-19(29)24-12-3-13-25-22(30)16-4-1-5-18(28)14-16/h1,4-5,8-11,14,28H,2-3,6-7,12-13H2,(H,24,29)(H,25,30). The van der Waals surface area contributed by atoms with Crippen molar-refractivity contribution in [1.29, 1.82) is 0 Å². The molecule has 0 aliphatic rings. The number of carbonyl (C=O) groups is 2. The number of aryl methyl sites for hydroxylation is 1. The van der Waals surface area contributed by atoms with E-state index in [0.29, 0.717) is 61.1 Å². The molecule has 1 heterocycles. The molecule has 2 aromatic carbocycles. The van der Waals surface area contributed by atoms with E-state index in [1.807, 2.05) is 12.1 Å². The molecule has 0 unspecified atom stereocenters. The van der Waals surface area contributed by atoms with E-state index in [2.05, 4.69) is 20.8 Å². The van der Waals surface area contributed by atoms with Crippen molar-refractivity contribution in [2.24, 2.45) is 0 Å². The highest BCUT2D eigenvalue weighted by atomic mass is 35.5. The second kappa shape index (κ2) is 11.1. The van der Waals surface area contributed by atoms with Gasteiger partial charge in [-0.05, 0) is 55.3 Å². The highest BCUT2D eigenvalue weighted by Gasteiger charge is 2.10. The van der Waals surface area contributed by atoms with Gasteiger partial charge in [0.1, 0.15) is 5.75 Å². The van der Waals surface area contributed by atoms with Crippen LogP contribution in [0.1, 0.15) is 35.5 Å². The maximum Gasteiger partial charge on any atom is 0.251 e. The van der Waals surface area contributed by atoms with E-state index in [9.17, 15) is 14.7 Å². The van der Waals surface area contributed by atoms with Crippen LogP contribution in [0.5, 0.6) is 5.75 Å². The van der Waals surface area contributed by atoms with Gasteiger partial charge in [-0.15, -0.1) is 0 Å². The molecule has 0 radical (unpaired) electrons. The summed E-state index contributed by atoms with van der Waals surface area (Å²) in [6, 6.07) is 13.3. The van der Waals surface area contributed by atoms with Crippen LogP contribution in [0.2, 0.25) is 5.02 Å².